The van der Waals surface area contributed by atoms with Crippen LogP contribution in [0, 0.1) is 6.92 Å². The van der Waals surface area contributed by atoms with Crippen molar-refractivity contribution in [2.75, 3.05) is 20.7 Å². The Labute approximate surface area is 178 Å². The average Bonchev–Trinajstić information content (AvgIpc) is 2.68. The molecule has 27 heavy (non-hydrogen) atoms. The maximum atomic E-state index is 11.5. The largest absolute Gasteiger partial charge is 0.465 e. The maximum Gasteiger partial charge on any atom is 0.337 e. The van der Waals surface area contributed by atoms with E-state index >= 15 is 0 Å². The number of nitrogens with one attached hydrogen (secondary N) is 2. The summed E-state index contributed by atoms with van der Waals surface area (Å²) in [4.78, 5) is 15.7. The van der Waals surface area contributed by atoms with Crippen LogP contribution in [0.2, 0.25) is 0 Å². The van der Waals surface area contributed by atoms with E-state index in [9.17, 15) is 4.79 Å². The van der Waals surface area contributed by atoms with Crippen LogP contribution < -0.4 is 10.6 Å². The Bertz CT molecular complexity index is 743. The molecular formula is C21H28IN3O2. The molecule has 0 heterocycles. The van der Waals surface area contributed by atoms with Crippen LogP contribution in [0.1, 0.15) is 39.9 Å². The van der Waals surface area contributed by atoms with Crippen LogP contribution in [0.5, 0.6) is 0 Å². The molecule has 0 fully saturated rings. The van der Waals surface area contributed by atoms with Crippen LogP contribution in [0.4, 0.5) is 0 Å². The summed E-state index contributed by atoms with van der Waals surface area (Å²) >= 11 is 0. The van der Waals surface area contributed by atoms with Crippen molar-refractivity contribution in [3.05, 3.63) is 70.8 Å². The van der Waals surface area contributed by atoms with Gasteiger partial charge in [0, 0.05) is 20.1 Å². The summed E-state index contributed by atoms with van der Waals surface area (Å²) in [6, 6.07) is 15.9. The molecule has 0 aromatic heterocycles. The highest BCUT2D eigenvalue weighted by atomic mass is 127. The van der Waals surface area contributed by atoms with Gasteiger partial charge in [0.05, 0.1) is 12.7 Å². The van der Waals surface area contributed by atoms with Crippen molar-refractivity contribution in [2.24, 2.45) is 4.99 Å². The Kier molecular flexibility index (Phi) is 9.85. The van der Waals surface area contributed by atoms with Crippen LogP contribution in [0.25, 0.3) is 0 Å². The van der Waals surface area contributed by atoms with E-state index in [1.165, 1.54) is 18.2 Å². The zero-order valence-corrected chi connectivity index (χ0v) is 18.6. The number of hydrogen-bond acceptors (Lipinski definition) is 3. The molecule has 0 aliphatic carbocycles. The third-order valence-electron chi connectivity index (χ3n) is 4.28. The van der Waals surface area contributed by atoms with E-state index in [0.29, 0.717) is 18.0 Å². The predicted octanol–water partition coefficient (Wildman–Crippen LogP) is 3.87. The number of aliphatic imine (C=N–C) groups is 1. The van der Waals surface area contributed by atoms with Gasteiger partial charge in [-0.3, -0.25) is 4.99 Å². The molecule has 2 rings (SSSR count). The van der Waals surface area contributed by atoms with Gasteiger partial charge in [-0.1, -0.05) is 48.9 Å². The summed E-state index contributed by atoms with van der Waals surface area (Å²) in [7, 11) is 3.14. The number of guanidine groups is 1. The fourth-order valence-corrected chi connectivity index (χ4v) is 2.55. The SMILES string of the molecule is CN=C(NCc1ccc(C(=O)OC)cc1)NCC(C)c1ccc(C)cc1.I. The van der Waals surface area contributed by atoms with E-state index in [-0.39, 0.29) is 29.9 Å². The average molecular weight is 481 g/mol. The van der Waals surface area contributed by atoms with E-state index in [2.05, 4.69) is 53.7 Å². The number of carbonyl (C=O) groups excluding carboxylic acids is 1. The van der Waals surface area contributed by atoms with E-state index in [1.54, 1.807) is 19.2 Å². The Morgan fingerprint density at radius 2 is 1.70 bits per heavy atom. The Balaban J connectivity index is 0.00000364. The molecule has 146 valence electrons. The topological polar surface area (TPSA) is 62.7 Å². The number of carbonyl (C=O) groups is 1. The molecule has 0 saturated heterocycles. The van der Waals surface area contributed by atoms with Crippen LogP contribution in [-0.4, -0.2) is 32.6 Å². The highest BCUT2D eigenvalue weighted by Crippen LogP contribution is 2.14. The zero-order chi connectivity index (χ0) is 18.9. The third-order valence-corrected chi connectivity index (χ3v) is 4.28. The molecule has 0 aliphatic rings. The molecule has 0 radical (unpaired) electrons. The van der Waals surface area contributed by atoms with Gasteiger partial charge in [-0.25, -0.2) is 4.79 Å². The first kappa shape index (κ1) is 23.0. The maximum absolute atomic E-state index is 11.5. The highest BCUT2D eigenvalue weighted by molar-refractivity contribution is 14.0. The minimum Gasteiger partial charge on any atom is -0.465 e. The molecule has 6 heteroatoms. The van der Waals surface area contributed by atoms with Crippen LogP contribution in [0.3, 0.4) is 0 Å². The number of aryl methyl sites for hydroxylation is 1. The summed E-state index contributed by atoms with van der Waals surface area (Å²) in [6.07, 6.45) is 0. The van der Waals surface area contributed by atoms with Crippen molar-refractivity contribution in [1.29, 1.82) is 0 Å². The molecule has 0 aliphatic heterocycles. The summed E-state index contributed by atoms with van der Waals surface area (Å²) in [5, 5.41) is 6.64. The Hall–Kier alpha value is -2.09. The Morgan fingerprint density at radius 1 is 1.07 bits per heavy atom. The summed E-state index contributed by atoms with van der Waals surface area (Å²) in [5.74, 6) is 0.807. The summed E-state index contributed by atoms with van der Waals surface area (Å²) in [6.45, 7) is 5.71. The lowest BCUT2D eigenvalue weighted by Crippen LogP contribution is -2.38. The van der Waals surface area contributed by atoms with E-state index in [1.807, 2.05) is 12.1 Å². The lowest BCUT2D eigenvalue weighted by molar-refractivity contribution is 0.0600. The Morgan fingerprint density at radius 3 is 2.26 bits per heavy atom. The van der Waals surface area contributed by atoms with Crippen molar-refractivity contribution in [1.82, 2.24) is 10.6 Å². The van der Waals surface area contributed by atoms with Crippen LogP contribution >= 0.6 is 24.0 Å². The molecule has 5 nitrogen and oxygen atoms in total. The molecule has 1 unspecified atom stereocenters. The van der Waals surface area contributed by atoms with Gasteiger partial charge in [0.25, 0.3) is 0 Å². The quantitative estimate of drug-likeness (QED) is 0.285. The standard InChI is InChI=1S/C21H27N3O2.HI/c1-15-5-9-18(10-6-15)16(2)13-23-21(22-3)24-14-17-7-11-19(12-8-17)20(25)26-4;/h5-12,16H,13-14H2,1-4H3,(H2,22,23,24);1H. The molecule has 2 N–H and O–H groups in total. The second kappa shape index (κ2) is 11.6. The van der Waals surface area contributed by atoms with E-state index in [0.717, 1.165) is 18.1 Å². The molecular weight excluding hydrogens is 453 g/mol. The van der Waals surface area contributed by atoms with Crippen molar-refractivity contribution < 1.29 is 9.53 Å². The number of rotatable bonds is 6. The predicted molar refractivity (Wildman–Crippen MR) is 121 cm³/mol. The number of hydrogen-bond donors (Lipinski definition) is 2. The molecule has 0 bridgehead atoms. The van der Waals surface area contributed by atoms with Gasteiger partial charge in [0.2, 0.25) is 0 Å². The monoisotopic (exact) mass is 481 g/mol. The molecule has 2 aromatic rings. The van der Waals surface area contributed by atoms with Crippen molar-refractivity contribution >= 4 is 35.9 Å². The van der Waals surface area contributed by atoms with E-state index < -0.39 is 0 Å². The third kappa shape index (κ3) is 7.21. The van der Waals surface area contributed by atoms with Gasteiger partial charge < -0.3 is 15.4 Å². The van der Waals surface area contributed by atoms with Gasteiger partial charge in [-0.15, -0.1) is 24.0 Å². The second-order valence-corrected chi connectivity index (χ2v) is 6.31. The molecule has 2 aromatic carbocycles. The van der Waals surface area contributed by atoms with Crippen LogP contribution in [-0.2, 0) is 11.3 Å². The number of benzene rings is 2. The first-order valence-electron chi connectivity index (χ1n) is 8.71. The molecule has 1 atom stereocenters. The smallest absolute Gasteiger partial charge is 0.337 e. The van der Waals surface area contributed by atoms with Crippen molar-refractivity contribution in [3.8, 4) is 0 Å². The van der Waals surface area contributed by atoms with Crippen LogP contribution in [0.15, 0.2) is 53.5 Å². The normalized spacial score (nSPS) is 11.9. The minimum absolute atomic E-state index is 0. The number of halogens is 1. The first-order valence-corrected chi connectivity index (χ1v) is 8.71. The van der Waals surface area contributed by atoms with Gasteiger partial charge in [-0.2, -0.15) is 0 Å². The number of nitrogens with zero attached hydrogens (tertiary/aromatic N) is 1. The zero-order valence-electron chi connectivity index (χ0n) is 16.3. The summed E-state index contributed by atoms with van der Waals surface area (Å²) < 4.78 is 4.71. The number of esters is 1. The number of ether oxygens (including phenoxy) is 1. The van der Waals surface area contributed by atoms with Crippen molar-refractivity contribution in [2.45, 2.75) is 26.3 Å². The fraction of sp³-hybridized carbons (Fsp3) is 0.333. The molecule has 0 spiro atoms. The highest BCUT2D eigenvalue weighted by Gasteiger charge is 2.07. The molecule has 0 amide bonds. The van der Waals surface area contributed by atoms with Gasteiger partial charge in [-0.05, 0) is 36.1 Å². The molecule has 0 saturated carbocycles. The summed E-state index contributed by atoms with van der Waals surface area (Å²) in [5.41, 5.74) is 4.18. The number of methoxy groups -OCH3 is 1. The van der Waals surface area contributed by atoms with E-state index in [4.69, 9.17) is 4.74 Å². The lowest BCUT2D eigenvalue weighted by Gasteiger charge is -2.16. The van der Waals surface area contributed by atoms with Crippen molar-refractivity contribution in [3.63, 3.8) is 0 Å². The second-order valence-electron chi connectivity index (χ2n) is 6.31. The first-order chi connectivity index (χ1) is 12.5. The van der Waals surface area contributed by atoms with Gasteiger partial charge >= 0.3 is 5.97 Å². The van der Waals surface area contributed by atoms with Gasteiger partial charge in [0.1, 0.15) is 0 Å². The van der Waals surface area contributed by atoms with Gasteiger partial charge in [0.15, 0.2) is 5.96 Å². The fourth-order valence-electron chi connectivity index (χ4n) is 2.55. The lowest BCUT2D eigenvalue weighted by atomic mass is 10.0. The minimum atomic E-state index is -0.327.